The van der Waals surface area contributed by atoms with Gasteiger partial charge in [-0.05, 0) is 50.5 Å². The molecule has 3 unspecified atom stereocenters. The molecule has 0 heterocycles. The molecular formula is C17H33NO2. The normalized spacial score (nSPS) is 30.1. The van der Waals surface area contributed by atoms with Gasteiger partial charge in [0.05, 0.1) is 24.9 Å². The third kappa shape index (κ3) is 3.96. The monoisotopic (exact) mass is 283 g/mol. The van der Waals surface area contributed by atoms with E-state index < -0.39 is 0 Å². The van der Waals surface area contributed by atoms with Gasteiger partial charge in [0.25, 0.3) is 0 Å². The summed E-state index contributed by atoms with van der Waals surface area (Å²) in [5.41, 5.74) is -0.175. The molecule has 0 aliphatic heterocycles. The molecule has 3 atom stereocenters. The van der Waals surface area contributed by atoms with E-state index in [-0.39, 0.29) is 12.1 Å². The molecule has 2 aliphatic carbocycles. The van der Waals surface area contributed by atoms with E-state index in [1.54, 1.807) is 0 Å². The zero-order valence-electron chi connectivity index (χ0n) is 13.4. The van der Waals surface area contributed by atoms with Crippen LogP contribution in [0.2, 0.25) is 0 Å². The lowest BCUT2D eigenvalue weighted by Gasteiger charge is -2.38. The second-order valence-corrected chi connectivity index (χ2v) is 6.82. The first kappa shape index (κ1) is 16.3. The Morgan fingerprint density at radius 3 is 2.50 bits per heavy atom. The van der Waals surface area contributed by atoms with Crippen LogP contribution in [0.25, 0.3) is 0 Å². The summed E-state index contributed by atoms with van der Waals surface area (Å²) in [6.07, 6.45) is 10.4. The number of nitrogens with one attached hydrogen (secondary N) is 1. The molecule has 3 heteroatoms. The Hall–Kier alpha value is -0.120. The maximum atomic E-state index is 9.92. The van der Waals surface area contributed by atoms with Gasteiger partial charge >= 0.3 is 0 Å². The van der Waals surface area contributed by atoms with Gasteiger partial charge in [-0.25, -0.2) is 0 Å². The van der Waals surface area contributed by atoms with E-state index in [1.165, 1.54) is 44.9 Å². The summed E-state index contributed by atoms with van der Waals surface area (Å²) in [5.74, 6) is 1.34. The van der Waals surface area contributed by atoms with Crippen molar-refractivity contribution in [3.05, 3.63) is 0 Å². The van der Waals surface area contributed by atoms with E-state index in [9.17, 15) is 5.11 Å². The first-order valence-corrected chi connectivity index (χ1v) is 8.73. The molecule has 2 aliphatic rings. The van der Waals surface area contributed by atoms with Crippen LogP contribution in [0.4, 0.5) is 0 Å². The van der Waals surface area contributed by atoms with Gasteiger partial charge in [0, 0.05) is 0 Å². The Bertz CT molecular complexity index is 280. The van der Waals surface area contributed by atoms with Crippen LogP contribution in [0, 0.1) is 11.8 Å². The summed E-state index contributed by atoms with van der Waals surface area (Å²) in [4.78, 5) is 0. The number of rotatable bonds is 9. The number of aliphatic hydroxyl groups is 1. The first-order valence-electron chi connectivity index (χ1n) is 8.73. The highest BCUT2D eigenvalue weighted by Gasteiger charge is 2.45. The van der Waals surface area contributed by atoms with Gasteiger partial charge < -0.3 is 15.2 Å². The van der Waals surface area contributed by atoms with Gasteiger partial charge in [0.1, 0.15) is 0 Å². The Balaban J connectivity index is 1.90. The average molecular weight is 283 g/mol. The molecule has 0 spiro atoms. The summed E-state index contributed by atoms with van der Waals surface area (Å²) in [7, 11) is 0. The second-order valence-electron chi connectivity index (χ2n) is 6.82. The number of ether oxygens (including phenoxy) is 1. The Labute approximate surface area is 124 Å². The van der Waals surface area contributed by atoms with Gasteiger partial charge in [0.15, 0.2) is 0 Å². The van der Waals surface area contributed by atoms with Gasteiger partial charge in [0.2, 0.25) is 0 Å². The molecule has 20 heavy (non-hydrogen) atoms. The zero-order chi connectivity index (χ0) is 14.4. The van der Waals surface area contributed by atoms with Crippen molar-refractivity contribution in [3.63, 3.8) is 0 Å². The second kappa shape index (κ2) is 7.77. The largest absolute Gasteiger partial charge is 0.394 e. The molecule has 3 nitrogen and oxygen atoms in total. The highest BCUT2D eigenvalue weighted by Crippen LogP contribution is 2.40. The van der Waals surface area contributed by atoms with Crippen molar-refractivity contribution < 1.29 is 9.84 Å². The van der Waals surface area contributed by atoms with Crippen LogP contribution in [0.15, 0.2) is 0 Å². The van der Waals surface area contributed by atoms with Crippen LogP contribution in [0.3, 0.4) is 0 Å². The molecule has 2 N–H and O–H groups in total. The minimum Gasteiger partial charge on any atom is -0.394 e. The molecule has 0 saturated heterocycles. The smallest absolute Gasteiger partial charge is 0.0679 e. The zero-order valence-corrected chi connectivity index (χ0v) is 13.4. The maximum absolute atomic E-state index is 9.92. The summed E-state index contributed by atoms with van der Waals surface area (Å²) in [6, 6.07) is 0. The third-order valence-electron chi connectivity index (χ3n) is 5.29. The van der Waals surface area contributed by atoms with Gasteiger partial charge in [-0.1, -0.05) is 33.1 Å². The number of aliphatic hydroxyl groups excluding tert-OH is 1. The van der Waals surface area contributed by atoms with Crippen LogP contribution in [0.5, 0.6) is 0 Å². The first-order chi connectivity index (χ1) is 9.75. The average Bonchev–Trinajstić information content (AvgIpc) is 3.33. The summed E-state index contributed by atoms with van der Waals surface area (Å²) in [6.45, 7) is 6.33. The quantitative estimate of drug-likeness (QED) is 0.683. The molecule has 2 saturated carbocycles. The lowest BCUT2D eigenvalue weighted by molar-refractivity contribution is -0.0566. The van der Waals surface area contributed by atoms with Crippen molar-refractivity contribution in [2.45, 2.75) is 76.9 Å². The van der Waals surface area contributed by atoms with Crippen LogP contribution in [-0.4, -0.2) is 36.5 Å². The fraction of sp³-hybridized carbons (Fsp3) is 1.00. The Morgan fingerprint density at radius 1 is 1.15 bits per heavy atom. The van der Waals surface area contributed by atoms with E-state index in [2.05, 4.69) is 19.2 Å². The maximum Gasteiger partial charge on any atom is 0.0679 e. The molecule has 0 bridgehead atoms. The molecule has 118 valence electrons. The minimum absolute atomic E-state index is 0.175. The van der Waals surface area contributed by atoms with E-state index in [1.807, 2.05) is 0 Å². The van der Waals surface area contributed by atoms with Crippen molar-refractivity contribution >= 4 is 0 Å². The summed E-state index contributed by atoms with van der Waals surface area (Å²) in [5, 5.41) is 13.5. The lowest BCUT2D eigenvalue weighted by Crippen LogP contribution is -2.55. The molecular weight excluding hydrogens is 250 g/mol. The SMILES string of the molecule is CCCNC(CO)(COC1CCCCC1CC)C1CC1. The fourth-order valence-electron chi connectivity index (χ4n) is 3.67. The highest BCUT2D eigenvalue weighted by atomic mass is 16.5. The number of hydrogen-bond acceptors (Lipinski definition) is 3. The third-order valence-corrected chi connectivity index (χ3v) is 5.29. The van der Waals surface area contributed by atoms with Crippen LogP contribution in [0.1, 0.15) is 65.2 Å². The fourth-order valence-corrected chi connectivity index (χ4v) is 3.67. The van der Waals surface area contributed by atoms with E-state index >= 15 is 0 Å². The molecule has 0 amide bonds. The van der Waals surface area contributed by atoms with E-state index in [4.69, 9.17) is 4.74 Å². The van der Waals surface area contributed by atoms with Crippen LogP contribution in [-0.2, 0) is 4.74 Å². The molecule has 2 fully saturated rings. The van der Waals surface area contributed by atoms with Crippen molar-refractivity contribution in [3.8, 4) is 0 Å². The highest BCUT2D eigenvalue weighted by molar-refractivity contribution is 5.01. The van der Waals surface area contributed by atoms with E-state index in [0.29, 0.717) is 18.6 Å². The molecule has 0 aromatic heterocycles. The lowest BCUT2D eigenvalue weighted by atomic mass is 9.84. The number of hydrogen-bond donors (Lipinski definition) is 2. The topological polar surface area (TPSA) is 41.5 Å². The Kier molecular flexibility index (Phi) is 6.31. The summed E-state index contributed by atoms with van der Waals surface area (Å²) >= 11 is 0. The van der Waals surface area contributed by atoms with Crippen LogP contribution >= 0.6 is 0 Å². The van der Waals surface area contributed by atoms with Gasteiger partial charge in [-0.2, -0.15) is 0 Å². The summed E-state index contributed by atoms with van der Waals surface area (Å²) < 4.78 is 6.32. The Morgan fingerprint density at radius 2 is 1.90 bits per heavy atom. The van der Waals surface area contributed by atoms with Gasteiger partial charge in [-0.3, -0.25) is 0 Å². The predicted molar refractivity (Wildman–Crippen MR) is 82.8 cm³/mol. The van der Waals surface area contributed by atoms with E-state index in [0.717, 1.165) is 18.9 Å². The van der Waals surface area contributed by atoms with Crippen LogP contribution < -0.4 is 5.32 Å². The van der Waals surface area contributed by atoms with Crippen molar-refractivity contribution in [1.82, 2.24) is 5.32 Å². The minimum atomic E-state index is -0.175. The molecule has 0 aromatic carbocycles. The molecule has 0 aromatic rings. The standard InChI is InChI=1S/C17H33NO2/c1-3-11-18-17(12-19,15-9-10-15)13-20-16-8-6-5-7-14(16)4-2/h14-16,18-19H,3-13H2,1-2H3. The predicted octanol–water partition coefficient (Wildman–Crippen LogP) is 3.11. The van der Waals surface area contributed by atoms with Crippen molar-refractivity contribution in [2.24, 2.45) is 11.8 Å². The van der Waals surface area contributed by atoms with Crippen molar-refractivity contribution in [1.29, 1.82) is 0 Å². The van der Waals surface area contributed by atoms with Gasteiger partial charge in [-0.15, -0.1) is 0 Å². The molecule has 2 rings (SSSR count). The molecule has 0 radical (unpaired) electrons. The van der Waals surface area contributed by atoms with Crippen molar-refractivity contribution in [2.75, 3.05) is 19.8 Å².